The van der Waals surface area contributed by atoms with E-state index < -0.39 is 5.60 Å². The van der Waals surface area contributed by atoms with Crippen LogP contribution in [0.3, 0.4) is 0 Å². The smallest absolute Gasteiger partial charge is 0.309 e. The molecule has 1 saturated carbocycles. The standard InChI is InChI=1S/C17H30O3/c1-12(2)7-8-13(3)14(4)20-17(5,6)11-19-16(18)15-9-10-15/h8,12,14-15H,7,9-11H2,1-6H3/b13-8+. The average Bonchev–Trinajstić information content (AvgIpc) is 3.16. The maximum atomic E-state index is 11.6. The van der Waals surface area contributed by atoms with Crippen molar-refractivity contribution in [2.45, 2.75) is 72.5 Å². The molecule has 3 heteroatoms. The number of hydrogen-bond acceptors (Lipinski definition) is 3. The molecule has 0 aromatic carbocycles. The summed E-state index contributed by atoms with van der Waals surface area (Å²) in [6.45, 7) is 12.8. The first kappa shape index (κ1) is 17.2. The molecule has 1 unspecified atom stereocenters. The lowest BCUT2D eigenvalue weighted by Crippen LogP contribution is -2.36. The molecule has 0 bridgehead atoms. The minimum absolute atomic E-state index is 0.0448. The van der Waals surface area contributed by atoms with E-state index in [1.54, 1.807) is 0 Å². The van der Waals surface area contributed by atoms with Gasteiger partial charge in [-0.05, 0) is 58.4 Å². The lowest BCUT2D eigenvalue weighted by molar-refractivity contribution is -0.157. The quantitative estimate of drug-likeness (QED) is 0.496. The average molecular weight is 282 g/mol. The first-order valence-corrected chi connectivity index (χ1v) is 7.72. The van der Waals surface area contributed by atoms with Crippen LogP contribution in [0.5, 0.6) is 0 Å². The molecular weight excluding hydrogens is 252 g/mol. The van der Waals surface area contributed by atoms with E-state index in [4.69, 9.17) is 9.47 Å². The van der Waals surface area contributed by atoms with Gasteiger partial charge in [-0.25, -0.2) is 0 Å². The van der Waals surface area contributed by atoms with Crippen LogP contribution in [0.4, 0.5) is 0 Å². The van der Waals surface area contributed by atoms with Gasteiger partial charge in [0.05, 0.1) is 17.6 Å². The zero-order valence-electron chi connectivity index (χ0n) is 13.9. The predicted molar refractivity (Wildman–Crippen MR) is 81.5 cm³/mol. The van der Waals surface area contributed by atoms with Gasteiger partial charge >= 0.3 is 5.97 Å². The third kappa shape index (κ3) is 6.56. The molecule has 0 saturated heterocycles. The van der Waals surface area contributed by atoms with Crippen molar-refractivity contribution in [3.05, 3.63) is 11.6 Å². The highest BCUT2D eigenvalue weighted by Gasteiger charge is 2.33. The Morgan fingerprint density at radius 2 is 1.90 bits per heavy atom. The van der Waals surface area contributed by atoms with Crippen LogP contribution in [-0.4, -0.2) is 24.3 Å². The molecule has 1 fully saturated rings. The second-order valence-electron chi connectivity index (χ2n) is 6.98. The first-order valence-electron chi connectivity index (χ1n) is 7.72. The molecule has 0 amide bonds. The SMILES string of the molecule is C/C(=C\CC(C)C)C(C)OC(C)(C)COC(=O)C1CC1. The molecule has 3 nitrogen and oxygen atoms in total. The monoisotopic (exact) mass is 282 g/mol. The topological polar surface area (TPSA) is 35.5 Å². The van der Waals surface area contributed by atoms with Gasteiger partial charge in [-0.3, -0.25) is 4.79 Å². The van der Waals surface area contributed by atoms with Crippen molar-refractivity contribution >= 4 is 5.97 Å². The van der Waals surface area contributed by atoms with E-state index in [2.05, 4.69) is 33.8 Å². The fourth-order valence-corrected chi connectivity index (χ4v) is 1.87. The molecular formula is C17H30O3. The molecule has 116 valence electrons. The minimum atomic E-state index is -0.448. The van der Waals surface area contributed by atoms with E-state index in [-0.39, 0.29) is 18.0 Å². The predicted octanol–water partition coefficient (Wildman–Crippen LogP) is 4.12. The van der Waals surface area contributed by atoms with Gasteiger partial charge in [0.15, 0.2) is 0 Å². The summed E-state index contributed by atoms with van der Waals surface area (Å²) in [6.07, 6.45) is 5.31. The molecule has 0 radical (unpaired) electrons. The molecule has 1 aliphatic carbocycles. The second kappa shape index (κ2) is 7.26. The van der Waals surface area contributed by atoms with Crippen LogP contribution in [0.1, 0.15) is 60.8 Å². The normalized spacial score (nSPS) is 18.2. The Hall–Kier alpha value is -0.830. The Labute approximate surface area is 123 Å². The zero-order chi connectivity index (χ0) is 15.3. The number of carbonyl (C=O) groups is 1. The Morgan fingerprint density at radius 1 is 1.30 bits per heavy atom. The highest BCUT2D eigenvalue weighted by atomic mass is 16.6. The molecule has 0 N–H and O–H groups in total. The van der Waals surface area contributed by atoms with Gasteiger partial charge in [0.1, 0.15) is 6.61 Å². The highest BCUT2D eigenvalue weighted by molar-refractivity contribution is 5.74. The van der Waals surface area contributed by atoms with E-state index >= 15 is 0 Å². The summed E-state index contributed by atoms with van der Waals surface area (Å²) in [5.41, 5.74) is 0.789. The van der Waals surface area contributed by atoms with Crippen molar-refractivity contribution in [1.82, 2.24) is 0 Å². The molecule has 0 heterocycles. The lowest BCUT2D eigenvalue weighted by Gasteiger charge is -2.29. The molecule has 20 heavy (non-hydrogen) atoms. The number of hydrogen-bond donors (Lipinski definition) is 0. The van der Waals surface area contributed by atoms with Crippen molar-refractivity contribution in [1.29, 1.82) is 0 Å². The summed E-state index contributed by atoms with van der Waals surface area (Å²) in [6, 6.07) is 0. The van der Waals surface area contributed by atoms with Crippen LogP contribution < -0.4 is 0 Å². The summed E-state index contributed by atoms with van der Waals surface area (Å²) < 4.78 is 11.4. The molecule has 1 atom stereocenters. The molecule has 1 rings (SSSR count). The fourth-order valence-electron chi connectivity index (χ4n) is 1.87. The Bertz CT molecular complexity index is 351. The van der Waals surface area contributed by atoms with Gasteiger partial charge in [-0.2, -0.15) is 0 Å². The van der Waals surface area contributed by atoms with Crippen LogP contribution in [-0.2, 0) is 14.3 Å². The molecule has 0 aliphatic heterocycles. The largest absolute Gasteiger partial charge is 0.462 e. The molecule has 0 aromatic rings. The van der Waals surface area contributed by atoms with Crippen LogP contribution in [0.15, 0.2) is 11.6 Å². The Balaban J connectivity index is 2.38. The maximum Gasteiger partial charge on any atom is 0.309 e. The molecule has 0 aromatic heterocycles. The number of carbonyl (C=O) groups excluding carboxylic acids is 1. The van der Waals surface area contributed by atoms with Crippen molar-refractivity contribution < 1.29 is 14.3 Å². The van der Waals surface area contributed by atoms with Gasteiger partial charge in [0.25, 0.3) is 0 Å². The third-order valence-electron chi connectivity index (χ3n) is 3.52. The van der Waals surface area contributed by atoms with E-state index in [1.807, 2.05) is 13.8 Å². The van der Waals surface area contributed by atoms with Crippen molar-refractivity contribution in [2.75, 3.05) is 6.61 Å². The first-order chi connectivity index (χ1) is 9.21. The van der Waals surface area contributed by atoms with Crippen molar-refractivity contribution in [3.63, 3.8) is 0 Å². The Morgan fingerprint density at radius 3 is 2.40 bits per heavy atom. The van der Waals surface area contributed by atoms with Crippen molar-refractivity contribution in [3.8, 4) is 0 Å². The van der Waals surface area contributed by atoms with Gasteiger partial charge in [-0.15, -0.1) is 0 Å². The number of ether oxygens (including phenoxy) is 2. The minimum Gasteiger partial charge on any atom is -0.462 e. The van der Waals surface area contributed by atoms with Crippen LogP contribution in [0.2, 0.25) is 0 Å². The van der Waals surface area contributed by atoms with Gasteiger partial charge in [-0.1, -0.05) is 19.9 Å². The number of esters is 1. The zero-order valence-corrected chi connectivity index (χ0v) is 13.9. The van der Waals surface area contributed by atoms with Crippen LogP contribution in [0.25, 0.3) is 0 Å². The Kier molecular flexibility index (Phi) is 6.25. The van der Waals surface area contributed by atoms with E-state index in [1.165, 1.54) is 5.57 Å². The van der Waals surface area contributed by atoms with E-state index in [0.29, 0.717) is 12.5 Å². The molecule has 1 aliphatic rings. The van der Waals surface area contributed by atoms with Gasteiger partial charge < -0.3 is 9.47 Å². The van der Waals surface area contributed by atoms with Crippen molar-refractivity contribution in [2.24, 2.45) is 11.8 Å². The summed E-state index contributed by atoms with van der Waals surface area (Å²) in [5.74, 6) is 0.738. The molecule has 0 spiro atoms. The third-order valence-corrected chi connectivity index (χ3v) is 3.52. The summed E-state index contributed by atoms with van der Waals surface area (Å²) in [5, 5.41) is 0. The fraction of sp³-hybridized carbons (Fsp3) is 0.824. The summed E-state index contributed by atoms with van der Waals surface area (Å²) in [7, 11) is 0. The maximum absolute atomic E-state index is 11.6. The number of allylic oxidation sites excluding steroid dienone is 1. The van der Waals surface area contributed by atoms with Gasteiger partial charge in [0.2, 0.25) is 0 Å². The lowest BCUT2D eigenvalue weighted by atomic mass is 10.0. The van der Waals surface area contributed by atoms with E-state index in [9.17, 15) is 4.79 Å². The van der Waals surface area contributed by atoms with Crippen LogP contribution in [0, 0.1) is 11.8 Å². The van der Waals surface area contributed by atoms with Gasteiger partial charge in [0, 0.05) is 0 Å². The number of rotatable bonds is 8. The van der Waals surface area contributed by atoms with Crippen LogP contribution >= 0.6 is 0 Å². The summed E-state index contributed by atoms with van der Waals surface area (Å²) >= 11 is 0. The van der Waals surface area contributed by atoms with E-state index in [0.717, 1.165) is 19.3 Å². The summed E-state index contributed by atoms with van der Waals surface area (Å²) in [4.78, 5) is 11.6. The highest BCUT2D eigenvalue weighted by Crippen LogP contribution is 2.30. The second-order valence-corrected chi connectivity index (χ2v) is 6.98.